The van der Waals surface area contributed by atoms with Crippen LogP contribution in [0, 0.1) is 12.8 Å². The molecule has 0 saturated carbocycles. The zero-order valence-electron chi connectivity index (χ0n) is 12.8. The Bertz CT molecular complexity index is 661. The number of fused-ring (bicyclic) bond motifs is 2. The van der Waals surface area contributed by atoms with E-state index in [1.807, 2.05) is 24.4 Å². The quantitative estimate of drug-likeness (QED) is 0.944. The summed E-state index contributed by atoms with van der Waals surface area (Å²) in [7, 11) is 0. The fourth-order valence-electron chi connectivity index (χ4n) is 3.48. The average Bonchev–Trinajstić information content (AvgIpc) is 2.88. The average molecular weight is 295 g/mol. The molecule has 2 fully saturated rings. The van der Waals surface area contributed by atoms with E-state index in [4.69, 9.17) is 4.74 Å². The first-order chi connectivity index (χ1) is 10.8. The Labute approximate surface area is 131 Å². The molecule has 2 unspecified atom stereocenters. The van der Waals surface area contributed by atoms with Gasteiger partial charge >= 0.3 is 0 Å². The summed E-state index contributed by atoms with van der Waals surface area (Å²) in [6.07, 6.45) is 5.03. The van der Waals surface area contributed by atoms with Gasteiger partial charge in [0.05, 0.1) is 18.1 Å². The molecule has 22 heavy (non-hydrogen) atoms. The van der Waals surface area contributed by atoms with Gasteiger partial charge in [-0.25, -0.2) is 0 Å². The van der Waals surface area contributed by atoms with Crippen LogP contribution in [0.2, 0.25) is 0 Å². The number of aryl methyl sites for hydroxylation is 1. The molecule has 0 spiro atoms. The minimum Gasteiger partial charge on any atom is -0.455 e. The zero-order valence-corrected chi connectivity index (χ0v) is 12.8. The third-order valence-corrected chi connectivity index (χ3v) is 4.62. The zero-order chi connectivity index (χ0) is 14.9. The van der Waals surface area contributed by atoms with Gasteiger partial charge in [-0.2, -0.15) is 0 Å². The van der Waals surface area contributed by atoms with E-state index in [2.05, 4.69) is 34.3 Å². The smallest absolute Gasteiger partial charge is 0.147 e. The number of nitrogens with one attached hydrogen (secondary N) is 1. The van der Waals surface area contributed by atoms with Crippen molar-refractivity contribution in [2.75, 3.05) is 24.5 Å². The summed E-state index contributed by atoms with van der Waals surface area (Å²) in [5.74, 6) is 2.46. The molecule has 3 heterocycles. The highest BCUT2D eigenvalue weighted by Gasteiger charge is 2.32. The van der Waals surface area contributed by atoms with Crippen molar-refractivity contribution in [2.45, 2.75) is 19.4 Å². The Balaban J connectivity index is 1.54. The van der Waals surface area contributed by atoms with Gasteiger partial charge in [-0.1, -0.05) is 18.2 Å². The van der Waals surface area contributed by atoms with Crippen molar-refractivity contribution in [1.82, 2.24) is 10.3 Å². The summed E-state index contributed by atoms with van der Waals surface area (Å²) in [6, 6.07) is 10.8. The topological polar surface area (TPSA) is 37.4 Å². The van der Waals surface area contributed by atoms with Gasteiger partial charge in [0.1, 0.15) is 11.5 Å². The molecule has 1 N–H and O–H groups in total. The SMILES string of the molecule is Cc1ccccc1Oc1cncc(N2CC3CNC(C3)C2)c1. The lowest BCUT2D eigenvalue weighted by molar-refractivity contribution is 0.466. The first-order valence-electron chi connectivity index (χ1n) is 7.95. The molecule has 2 atom stereocenters. The minimum absolute atomic E-state index is 0.625. The van der Waals surface area contributed by atoms with E-state index in [9.17, 15) is 0 Å². The summed E-state index contributed by atoms with van der Waals surface area (Å²) >= 11 is 0. The number of piperidine rings is 1. The third kappa shape index (κ3) is 2.66. The minimum atomic E-state index is 0.625. The van der Waals surface area contributed by atoms with Crippen molar-refractivity contribution >= 4 is 5.69 Å². The third-order valence-electron chi connectivity index (χ3n) is 4.62. The first kappa shape index (κ1) is 13.6. The molecule has 1 aromatic carbocycles. The lowest BCUT2D eigenvalue weighted by Gasteiger charge is -2.32. The van der Waals surface area contributed by atoms with Crippen molar-refractivity contribution in [2.24, 2.45) is 5.92 Å². The summed E-state index contributed by atoms with van der Waals surface area (Å²) in [5, 5.41) is 3.59. The highest BCUT2D eigenvalue weighted by molar-refractivity contribution is 5.50. The van der Waals surface area contributed by atoms with Crippen molar-refractivity contribution in [3.8, 4) is 11.5 Å². The van der Waals surface area contributed by atoms with Gasteiger partial charge in [0.15, 0.2) is 0 Å². The number of benzene rings is 1. The normalized spacial score (nSPS) is 23.6. The largest absolute Gasteiger partial charge is 0.455 e. The van der Waals surface area contributed by atoms with Crippen LogP contribution in [0.1, 0.15) is 12.0 Å². The fraction of sp³-hybridized carbons (Fsp3) is 0.389. The molecule has 2 aliphatic rings. The predicted molar refractivity (Wildman–Crippen MR) is 87.6 cm³/mol. The molecule has 2 bridgehead atoms. The molecule has 0 radical (unpaired) electrons. The maximum Gasteiger partial charge on any atom is 0.147 e. The van der Waals surface area contributed by atoms with Gasteiger partial charge in [-0.05, 0) is 30.9 Å². The highest BCUT2D eigenvalue weighted by Crippen LogP contribution is 2.30. The number of aromatic nitrogens is 1. The number of hydrogen-bond donors (Lipinski definition) is 1. The van der Waals surface area contributed by atoms with Gasteiger partial charge in [-0.3, -0.25) is 4.98 Å². The lowest BCUT2D eigenvalue weighted by Crippen LogP contribution is -2.41. The van der Waals surface area contributed by atoms with Crippen molar-refractivity contribution in [3.05, 3.63) is 48.3 Å². The van der Waals surface area contributed by atoms with Gasteiger partial charge in [0.2, 0.25) is 0 Å². The van der Waals surface area contributed by atoms with E-state index in [1.54, 1.807) is 6.20 Å². The van der Waals surface area contributed by atoms with Crippen molar-refractivity contribution < 1.29 is 4.74 Å². The molecular weight excluding hydrogens is 274 g/mol. The van der Waals surface area contributed by atoms with E-state index < -0.39 is 0 Å². The predicted octanol–water partition coefficient (Wildman–Crippen LogP) is 2.98. The Morgan fingerprint density at radius 2 is 2.14 bits per heavy atom. The van der Waals surface area contributed by atoms with E-state index >= 15 is 0 Å². The number of ether oxygens (including phenoxy) is 1. The van der Waals surface area contributed by atoms with Crippen LogP contribution >= 0.6 is 0 Å². The maximum absolute atomic E-state index is 6.01. The van der Waals surface area contributed by atoms with Crippen LogP contribution in [0.4, 0.5) is 5.69 Å². The number of nitrogens with zero attached hydrogens (tertiary/aromatic N) is 2. The number of pyridine rings is 1. The molecule has 4 nitrogen and oxygen atoms in total. The summed E-state index contributed by atoms with van der Waals surface area (Å²) < 4.78 is 6.01. The molecule has 2 saturated heterocycles. The Hall–Kier alpha value is -2.07. The van der Waals surface area contributed by atoms with Crippen LogP contribution in [0.3, 0.4) is 0 Å². The second-order valence-corrected chi connectivity index (χ2v) is 6.36. The van der Waals surface area contributed by atoms with E-state index in [0.717, 1.165) is 48.3 Å². The monoisotopic (exact) mass is 295 g/mol. The maximum atomic E-state index is 6.01. The Kier molecular flexibility index (Phi) is 3.47. The summed E-state index contributed by atoms with van der Waals surface area (Å²) in [4.78, 5) is 6.80. The van der Waals surface area contributed by atoms with E-state index in [1.165, 1.54) is 6.42 Å². The number of anilines is 1. The van der Waals surface area contributed by atoms with Crippen LogP contribution in [-0.2, 0) is 0 Å². The number of rotatable bonds is 3. The molecule has 2 aliphatic heterocycles. The second-order valence-electron chi connectivity index (χ2n) is 6.36. The van der Waals surface area contributed by atoms with Gasteiger partial charge < -0.3 is 15.0 Å². The van der Waals surface area contributed by atoms with E-state index in [-0.39, 0.29) is 0 Å². The van der Waals surface area contributed by atoms with Gasteiger partial charge in [0.25, 0.3) is 0 Å². The van der Waals surface area contributed by atoms with Crippen molar-refractivity contribution in [3.63, 3.8) is 0 Å². The standard InChI is InChI=1S/C18H21N3O/c1-13-4-2-3-5-18(13)22-17-7-16(9-19-10-17)21-11-14-6-15(12-21)20-8-14/h2-5,7,9-10,14-15,20H,6,8,11-12H2,1H3. The number of para-hydroxylation sites is 1. The Morgan fingerprint density at radius 3 is 3.00 bits per heavy atom. The van der Waals surface area contributed by atoms with E-state index in [0.29, 0.717) is 6.04 Å². The molecule has 1 aromatic heterocycles. The second kappa shape index (κ2) is 5.61. The number of hydrogen-bond acceptors (Lipinski definition) is 4. The van der Waals surface area contributed by atoms with Crippen molar-refractivity contribution in [1.29, 1.82) is 0 Å². The fourth-order valence-corrected chi connectivity index (χ4v) is 3.48. The summed E-state index contributed by atoms with van der Waals surface area (Å²) in [5.41, 5.74) is 2.29. The Morgan fingerprint density at radius 1 is 1.23 bits per heavy atom. The molecular formula is C18H21N3O. The molecule has 114 valence electrons. The molecule has 4 rings (SSSR count). The van der Waals surface area contributed by atoms with Crippen LogP contribution in [0.5, 0.6) is 11.5 Å². The van der Waals surface area contributed by atoms with Gasteiger partial charge in [0, 0.05) is 31.7 Å². The van der Waals surface area contributed by atoms with Crippen LogP contribution in [-0.4, -0.2) is 30.7 Å². The first-order valence-corrected chi connectivity index (χ1v) is 7.95. The molecule has 4 heteroatoms. The highest BCUT2D eigenvalue weighted by atomic mass is 16.5. The lowest BCUT2D eigenvalue weighted by atomic mass is 10.00. The van der Waals surface area contributed by atoms with Crippen LogP contribution < -0.4 is 15.0 Å². The van der Waals surface area contributed by atoms with Crippen LogP contribution in [0.25, 0.3) is 0 Å². The molecule has 2 aromatic rings. The van der Waals surface area contributed by atoms with Crippen LogP contribution in [0.15, 0.2) is 42.7 Å². The molecule has 0 amide bonds. The van der Waals surface area contributed by atoms with Gasteiger partial charge in [-0.15, -0.1) is 0 Å². The summed E-state index contributed by atoms with van der Waals surface area (Å²) in [6.45, 7) is 5.37. The molecule has 0 aliphatic carbocycles.